The summed E-state index contributed by atoms with van der Waals surface area (Å²) >= 11 is 0. The van der Waals surface area contributed by atoms with Gasteiger partial charge in [-0.15, -0.1) is 0 Å². The van der Waals surface area contributed by atoms with Crippen molar-refractivity contribution >= 4 is 28.9 Å². The van der Waals surface area contributed by atoms with Crippen LogP contribution in [0.15, 0.2) is 12.1 Å². The third-order valence-corrected chi connectivity index (χ3v) is 2.98. The first-order valence-electron chi connectivity index (χ1n) is 5.77. The Balaban J connectivity index is 2.53. The van der Waals surface area contributed by atoms with Crippen molar-refractivity contribution < 1.29 is 14.5 Å². The zero-order valence-corrected chi connectivity index (χ0v) is 10.6. The SMILES string of the molecule is CC(=O)Nc1cc2c(cc1[N+](=O)[O-])N(C(C)=O)CC2. The van der Waals surface area contributed by atoms with Gasteiger partial charge in [-0.05, 0) is 18.1 Å². The Kier molecular flexibility index (Phi) is 3.20. The summed E-state index contributed by atoms with van der Waals surface area (Å²) in [5, 5.41) is 13.5. The molecule has 0 spiro atoms. The molecule has 0 bridgehead atoms. The van der Waals surface area contributed by atoms with Crippen LogP contribution in [-0.2, 0) is 16.0 Å². The van der Waals surface area contributed by atoms with E-state index >= 15 is 0 Å². The van der Waals surface area contributed by atoms with E-state index in [9.17, 15) is 19.7 Å². The Morgan fingerprint density at radius 2 is 2.05 bits per heavy atom. The van der Waals surface area contributed by atoms with Crippen molar-refractivity contribution in [2.75, 3.05) is 16.8 Å². The second-order valence-electron chi connectivity index (χ2n) is 4.36. The molecule has 1 aliphatic heterocycles. The van der Waals surface area contributed by atoms with E-state index in [1.807, 2.05) is 0 Å². The van der Waals surface area contributed by atoms with Crippen LogP contribution in [0, 0.1) is 10.1 Å². The lowest BCUT2D eigenvalue weighted by molar-refractivity contribution is -0.383. The van der Waals surface area contributed by atoms with E-state index in [2.05, 4.69) is 5.32 Å². The van der Waals surface area contributed by atoms with Crippen molar-refractivity contribution in [3.05, 3.63) is 27.8 Å². The first-order chi connectivity index (χ1) is 8.90. The second-order valence-corrected chi connectivity index (χ2v) is 4.36. The molecule has 1 aromatic rings. The lowest BCUT2D eigenvalue weighted by atomic mass is 10.1. The summed E-state index contributed by atoms with van der Waals surface area (Å²) in [5.41, 5.74) is 1.33. The lowest BCUT2D eigenvalue weighted by Gasteiger charge is -2.15. The van der Waals surface area contributed by atoms with Crippen LogP contribution in [0.25, 0.3) is 0 Å². The van der Waals surface area contributed by atoms with E-state index in [0.717, 1.165) is 5.56 Å². The van der Waals surface area contributed by atoms with E-state index in [0.29, 0.717) is 18.7 Å². The van der Waals surface area contributed by atoms with Gasteiger partial charge >= 0.3 is 0 Å². The predicted octanol–water partition coefficient (Wildman–Crippen LogP) is 1.46. The predicted molar refractivity (Wildman–Crippen MR) is 69.1 cm³/mol. The quantitative estimate of drug-likeness (QED) is 0.645. The molecule has 0 saturated carbocycles. The van der Waals surface area contributed by atoms with Crippen molar-refractivity contribution in [1.29, 1.82) is 0 Å². The Labute approximate surface area is 109 Å². The average Bonchev–Trinajstić information content (AvgIpc) is 2.69. The molecule has 2 rings (SSSR count). The molecule has 19 heavy (non-hydrogen) atoms. The van der Waals surface area contributed by atoms with Crippen molar-refractivity contribution in [2.45, 2.75) is 20.3 Å². The van der Waals surface area contributed by atoms with E-state index in [1.165, 1.54) is 24.8 Å². The smallest absolute Gasteiger partial charge is 0.294 e. The molecular formula is C12H13N3O4. The average molecular weight is 263 g/mol. The van der Waals surface area contributed by atoms with E-state index < -0.39 is 4.92 Å². The zero-order valence-electron chi connectivity index (χ0n) is 10.6. The van der Waals surface area contributed by atoms with Crippen molar-refractivity contribution in [1.82, 2.24) is 0 Å². The molecule has 0 fully saturated rings. The van der Waals surface area contributed by atoms with Crippen molar-refractivity contribution in [3.8, 4) is 0 Å². The van der Waals surface area contributed by atoms with Crippen LogP contribution in [0.4, 0.5) is 17.1 Å². The molecule has 0 unspecified atom stereocenters. The van der Waals surface area contributed by atoms with Crippen LogP contribution in [0.2, 0.25) is 0 Å². The molecule has 0 radical (unpaired) electrons. The summed E-state index contributed by atoms with van der Waals surface area (Å²) in [5.74, 6) is -0.523. The van der Waals surface area contributed by atoms with Crippen LogP contribution in [0.3, 0.4) is 0 Å². The number of anilines is 2. The molecule has 0 aliphatic carbocycles. The summed E-state index contributed by atoms with van der Waals surface area (Å²) in [6.45, 7) is 3.22. The molecule has 2 amide bonds. The fourth-order valence-corrected chi connectivity index (χ4v) is 2.19. The molecular weight excluding hydrogens is 250 g/mol. The molecule has 7 nitrogen and oxygen atoms in total. The number of hydrogen-bond acceptors (Lipinski definition) is 4. The highest BCUT2D eigenvalue weighted by molar-refractivity contribution is 5.97. The molecule has 7 heteroatoms. The summed E-state index contributed by atoms with van der Waals surface area (Å²) < 4.78 is 0. The number of nitrogens with one attached hydrogen (secondary N) is 1. The molecule has 0 aromatic heterocycles. The van der Waals surface area contributed by atoms with E-state index in [1.54, 1.807) is 6.07 Å². The van der Waals surface area contributed by atoms with Crippen LogP contribution >= 0.6 is 0 Å². The number of carbonyl (C=O) groups excluding carboxylic acids is 2. The second kappa shape index (κ2) is 4.68. The molecule has 1 aromatic carbocycles. The summed E-state index contributed by atoms with van der Waals surface area (Å²) in [7, 11) is 0. The molecule has 1 heterocycles. The molecule has 1 N–H and O–H groups in total. The standard InChI is InChI=1S/C12H13N3O4/c1-7(16)13-10-5-9-3-4-14(8(2)17)11(9)6-12(10)15(18)19/h5-6H,3-4H2,1-2H3,(H,13,16). The van der Waals surface area contributed by atoms with Gasteiger partial charge in [0.1, 0.15) is 5.69 Å². The fourth-order valence-electron chi connectivity index (χ4n) is 2.19. The monoisotopic (exact) mass is 263 g/mol. The number of rotatable bonds is 2. The lowest BCUT2D eigenvalue weighted by Crippen LogP contribution is -2.25. The maximum atomic E-state index is 11.4. The number of nitrogens with zero attached hydrogens (tertiary/aromatic N) is 2. The Hall–Kier alpha value is -2.44. The minimum Gasteiger partial charge on any atom is -0.321 e. The summed E-state index contributed by atoms with van der Waals surface area (Å²) in [4.78, 5) is 34.5. The van der Waals surface area contributed by atoms with Gasteiger partial charge < -0.3 is 10.2 Å². The van der Waals surface area contributed by atoms with Crippen LogP contribution in [0.1, 0.15) is 19.4 Å². The maximum Gasteiger partial charge on any atom is 0.294 e. The highest BCUT2D eigenvalue weighted by Gasteiger charge is 2.27. The van der Waals surface area contributed by atoms with Gasteiger partial charge in [0.15, 0.2) is 0 Å². The number of hydrogen-bond donors (Lipinski definition) is 1. The normalized spacial score (nSPS) is 13.1. The van der Waals surface area contributed by atoms with Gasteiger partial charge in [-0.2, -0.15) is 0 Å². The van der Waals surface area contributed by atoms with Gasteiger partial charge in [0.2, 0.25) is 11.8 Å². The topological polar surface area (TPSA) is 92.5 Å². The van der Waals surface area contributed by atoms with Gasteiger partial charge in [-0.3, -0.25) is 19.7 Å². The Bertz CT molecular complexity index is 583. The number of nitro groups is 1. The molecule has 0 saturated heterocycles. The van der Waals surface area contributed by atoms with Gasteiger partial charge in [0.05, 0.1) is 10.6 Å². The Morgan fingerprint density at radius 3 is 2.58 bits per heavy atom. The molecule has 1 aliphatic rings. The van der Waals surface area contributed by atoms with Crippen molar-refractivity contribution in [2.24, 2.45) is 0 Å². The van der Waals surface area contributed by atoms with Gasteiger partial charge in [-0.25, -0.2) is 0 Å². The number of amides is 2. The largest absolute Gasteiger partial charge is 0.321 e. The van der Waals surface area contributed by atoms with E-state index in [4.69, 9.17) is 0 Å². The number of benzene rings is 1. The van der Waals surface area contributed by atoms with Gasteiger partial charge in [0.25, 0.3) is 5.69 Å². The minimum absolute atomic E-state index is 0.152. The summed E-state index contributed by atoms with van der Waals surface area (Å²) in [6, 6.07) is 2.91. The highest BCUT2D eigenvalue weighted by atomic mass is 16.6. The summed E-state index contributed by atoms with van der Waals surface area (Å²) in [6.07, 6.45) is 0.624. The number of nitro benzene ring substituents is 1. The first kappa shape index (κ1) is 13.0. The maximum absolute atomic E-state index is 11.4. The van der Waals surface area contributed by atoms with Crippen molar-refractivity contribution in [3.63, 3.8) is 0 Å². The molecule has 0 atom stereocenters. The fraction of sp³-hybridized carbons (Fsp3) is 0.333. The molecule has 100 valence electrons. The first-order valence-corrected chi connectivity index (χ1v) is 5.77. The zero-order chi connectivity index (χ0) is 14.2. The van der Waals surface area contributed by atoms with E-state index in [-0.39, 0.29) is 23.2 Å². The third kappa shape index (κ3) is 2.40. The number of fused-ring (bicyclic) bond motifs is 1. The number of carbonyl (C=O) groups is 2. The van der Waals surface area contributed by atoms with Gasteiger partial charge in [-0.1, -0.05) is 0 Å². The third-order valence-electron chi connectivity index (χ3n) is 2.98. The highest BCUT2D eigenvalue weighted by Crippen LogP contribution is 2.37. The minimum atomic E-state index is -0.567. The Morgan fingerprint density at radius 1 is 1.37 bits per heavy atom. The van der Waals surface area contributed by atoms with Crippen LogP contribution in [-0.4, -0.2) is 23.3 Å². The van der Waals surface area contributed by atoms with Gasteiger partial charge in [0, 0.05) is 26.5 Å². The van der Waals surface area contributed by atoms with Crippen LogP contribution < -0.4 is 10.2 Å². The van der Waals surface area contributed by atoms with Crippen LogP contribution in [0.5, 0.6) is 0 Å².